The molecule has 0 saturated heterocycles. The molecule has 0 fully saturated rings. The van der Waals surface area contributed by atoms with Crippen molar-refractivity contribution >= 4 is 17.5 Å². The summed E-state index contributed by atoms with van der Waals surface area (Å²) >= 11 is 6.08. The number of nitrogens with two attached hydrogens (primary N) is 1. The van der Waals surface area contributed by atoms with Crippen molar-refractivity contribution in [2.24, 2.45) is 5.73 Å². The van der Waals surface area contributed by atoms with Crippen LogP contribution in [0.3, 0.4) is 0 Å². The van der Waals surface area contributed by atoms with E-state index in [1.54, 1.807) is 26.2 Å². The summed E-state index contributed by atoms with van der Waals surface area (Å²) in [6, 6.07) is 5.38. The summed E-state index contributed by atoms with van der Waals surface area (Å²) in [6.07, 6.45) is 0.332. The smallest absolute Gasteiger partial charge is 0.225 e. The van der Waals surface area contributed by atoms with E-state index in [0.29, 0.717) is 23.8 Å². The molecule has 0 radical (unpaired) electrons. The lowest BCUT2D eigenvalue weighted by atomic mass is 10.1. The Hall–Kier alpha value is -1.26. The summed E-state index contributed by atoms with van der Waals surface area (Å²) in [5.74, 6) is 0.603. The van der Waals surface area contributed by atoms with E-state index in [0.717, 1.165) is 5.56 Å². The van der Waals surface area contributed by atoms with Gasteiger partial charge in [0.1, 0.15) is 5.75 Å². The van der Waals surface area contributed by atoms with Crippen LogP contribution in [0.25, 0.3) is 0 Å². The van der Waals surface area contributed by atoms with Crippen LogP contribution in [-0.4, -0.2) is 31.5 Å². The van der Waals surface area contributed by atoms with Gasteiger partial charge in [-0.25, -0.2) is 0 Å². The summed E-state index contributed by atoms with van der Waals surface area (Å²) in [6.45, 7) is 2.20. The zero-order valence-corrected chi connectivity index (χ0v) is 11.7. The second-order valence-electron chi connectivity index (χ2n) is 4.37. The third kappa shape index (κ3) is 4.20. The van der Waals surface area contributed by atoms with Gasteiger partial charge in [0.2, 0.25) is 5.91 Å². The predicted octanol–water partition coefficient (Wildman–Crippen LogP) is 2.22. The lowest BCUT2D eigenvalue weighted by Crippen LogP contribution is -2.23. The van der Waals surface area contributed by atoms with Crippen LogP contribution in [0, 0.1) is 0 Å². The lowest BCUT2D eigenvalue weighted by Gasteiger charge is -2.13. The Morgan fingerprint density at radius 3 is 2.67 bits per heavy atom. The van der Waals surface area contributed by atoms with Crippen molar-refractivity contribution in [3.05, 3.63) is 28.8 Å². The molecule has 0 aromatic heterocycles. The molecule has 1 atom stereocenters. The number of rotatable bonds is 5. The number of carbonyl (C=O) groups excluding carboxylic acids is 1. The summed E-state index contributed by atoms with van der Waals surface area (Å²) in [5, 5.41) is 0.516. The Balaban J connectivity index is 2.56. The van der Waals surface area contributed by atoms with Gasteiger partial charge in [-0.1, -0.05) is 17.7 Å². The number of nitrogens with zero attached hydrogens (tertiary/aromatic N) is 1. The predicted molar refractivity (Wildman–Crippen MR) is 72.9 cm³/mol. The van der Waals surface area contributed by atoms with Gasteiger partial charge in [0, 0.05) is 20.1 Å². The molecule has 0 aliphatic heterocycles. The molecule has 100 valence electrons. The summed E-state index contributed by atoms with van der Waals surface area (Å²) in [7, 11) is 3.43. The van der Waals surface area contributed by atoms with Gasteiger partial charge in [0.15, 0.2) is 0 Å². The maximum Gasteiger partial charge on any atom is 0.225 e. The molecule has 1 rings (SSSR count). The average Bonchev–Trinajstić information content (AvgIpc) is 2.30. The normalized spacial score (nSPS) is 12.1. The van der Waals surface area contributed by atoms with E-state index in [1.807, 2.05) is 13.0 Å². The number of halogens is 1. The number of carbonyl (C=O) groups is 1. The van der Waals surface area contributed by atoms with Gasteiger partial charge in [-0.15, -0.1) is 0 Å². The molecular formula is C13H19ClN2O2. The molecule has 0 aliphatic rings. The van der Waals surface area contributed by atoms with Crippen LogP contribution in [-0.2, 0) is 4.79 Å². The van der Waals surface area contributed by atoms with Crippen molar-refractivity contribution in [2.45, 2.75) is 19.4 Å². The molecular weight excluding hydrogens is 252 g/mol. The third-order valence-corrected chi connectivity index (χ3v) is 2.85. The maximum absolute atomic E-state index is 11.4. The quantitative estimate of drug-likeness (QED) is 0.893. The van der Waals surface area contributed by atoms with Gasteiger partial charge in [-0.2, -0.15) is 0 Å². The van der Waals surface area contributed by atoms with Gasteiger partial charge < -0.3 is 15.4 Å². The average molecular weight is 271 g/mol. The molecule has 5 heteroatoms. The van der Waals surface area contributed by atoms with E-state index in [9.17, 15) is 4.79 Å². The van der Waals surface area contributed by atoms with E-state index >= 15 is 0 Å². The second kappa shape index (κ2) is 6.61. The first-order valence-corrected chi connectivity index (χ1v) is 6.17. The monoisotopic (exact) mass is 270 g/mol. The van der Waals surface area contributed by atoms with Gasteiger partial charge >= 0.3 is 0 Å². The van der Waals surface area contributed by atoms with Gasteiger partial charge in [0.25, 0.3) is 0 Å². The lowest BCUT2D eigenvalue weighted by molar-refractivity contribution is -0.129. The molecule has 0 bridgehead atoms. The molecule has 4 nitrogen and oxygen atoms in total. The van der Waals surface area contributed by atoms with E-state index < -0.39 is 0 Å². The first-order valence-electron chi connectivity index (χ1n) is 5.79. The minimum atomic E-state index is -0.0631. The maximum atomic E-state index is 11.4. The van der Waals surface area contributed by atoms with E-state index in [-0.39, 0.29) is 11.9 Å². The van der Waals surface area contributed by atoms with Gasteiger partial charge in [0.05, 0.1) is 18.1 Å². The molecule has 0 aliphatic carbocycles. The molecule has 1 aromatic carbocycles. The van der Waals surface area contributed by atoms with Gasteiger partial charge in [-0.05, 0) is 24.6 Å². The minimum Gasteiger partial charge on any atom is -0.491 e. The standard InChI is InChI=1S/C13H19ClN2O2/c1-9(15)10-4-5-12(11(14)8-10)18-7-6-13(17)16(2)3/h4-5,8-9H,6-7,15H2,1-3H3/t9-/m1/s1. The Morgan fingerprint density at radius 2 is 2.17 bits per heavy atom. The number of hydrogen-bond donors (Lipinski definition) is 1. The van der Waals surface area contributed by atoms with Crippen LogP contribution in [0.5, 0.6) is 5.75 Å². The fourth-order valence-electron chi connectivity index (χ4n) is 1.39. The fourth-order valence-corrected chi connectivity index (χ4v) is 1.63. The Morgan fingerprint density at radius 1 is 1.50 bits per heavy atom. The van der Waals surface area contributed by atoms with Crippen molar-refractivity contribution in [2.75, 3.05) is 20.7 Å². The molecule has 2 N–H and O–H groups in total. The Bertz CT molecular complexity index is 419. The third-order valence-electron chi connectivity index (χ3n) is 2.55. The second-order valence-corrected chi connectivity index (χ2v) is 4.77. The molecule has 0 unspecified atom stereocenters. The zero-order valence-electron chi connectivity index (χ0n) is 10.9. The van der Waals surface area contributed by atoms with Crippen molar-refractivity contribution in [1.82, 2.24) is 4.90 Å². The molecule has 0 saturated carbocycles. The van der Waals surface area contributed by atoms with E-state index in [1.165, 1.54) is 4.90 Å². The molecule has 0 spiro atoms. The number of hydrogen-bond acceptors (Lipinski definition) is 3. The van der Waals surface area contributed by atoms with Crippen LogP contribution in [0.2, 0.25) is 5.02 Å². The highest BCUT2D eigenvalue weighted by atomic mass is 35.5. The van der Waals surface area contributed by atoms with Crippen LogP contribution in [0.1, 0.15) is 24.9 Å². The molecule has 1 aromatic rings. The van der Waals surface area contributed by atoms with Crippen LogP contribution in [0.15, 0.2) is 18.2 Å². The molecule has 18 heavy (non-hydrogen) atoms. The van der Waals surface area contributed by atoms with E-state index in [2.05, 4.69) is 0 Å². The number of benzene rings is 1. The fraction of sp³-hybridized carbons (Fsp3) is 0.462. The largest absolute Gasteiger partial charge is 0.491 e. The SMILES string of the molecule is C[C@@H](N)c1ccc(OCCC(=O)N(C)C)c(Cl)c1. The summed E-state index contributed by atoms with van der Waals surface area (Å²) < 4.78 is 5.47. The van der Waals surface area contributed by atoms with Gasteiger partial charge in [-0.3, -0.25) is 4.79 Å². The van der Waals surface area contributed by atoms with Crippen LogP contribution in [0.4, 0.5) is 0 Å². The van der Waals surface area contributed by atoms with E-state index in [4.69, 9.17) is 22.1 Å². The van der Waals surface area contributed by atoms with Crippen molar-refractivity contribution < 1.29 is 9.53 Å². The van der Waals surface area contributed by atoms with Crippen molar-refractivity contribution in [3.63, 3.8) is 0 Å². The molecule has 0 heterocycles. The number of ether oxygens (including phenoxy) is 1. The Labute approximate surface area is 113 Å². The summed E-state index contributed by atoms with van der Waals surface area (Å²) in [4.78, 5) is 12.9. The first kappa shape index (κ1) is 14.8. The highest BCUT2D eigenvalue weighted by Gasteiger charge is 2.08. The Kier molecular flexibility index (Phi) is 5.44. The zero-order chi connectivity index (χ0) is 13.7. The van der Waals surface area contributed by atoms with Crippen molar-refractivity contribution in [3.8, 4) is 5.75 Å². The highest BCUT2D eigenvalue weighted by molar-refractivity contribution is 6.32. The van der Waals surface area contributed by atoms with Crippen molar-refractivity contribution in [1.29, 1.82) is 0 Å². The highest BCUT2D eigenvalue weighted by Crippen LogP contribution is 2.27. The summed E-state index contributed by atoms with van der Waals surface area (Å²) in [5.41, 5.74) is 6.71. The van der Waals surface area contributed by atoms with Crippen LogP contribution < -0.4 is 10.5 Å². The number of amides is 1. The topological polar surface area (TPSA) is 55.6 Å². The van der Waals surface area contributed by atoms with Crippen LogP contribution >= 0.6 is 11.6 Å². The first-order chi connectivity index (χ1) is 8.41. The minimum absolute atomic E-state index is 0.0262. The molecule has 1 amide bonds.